The Hall–Kier alpha value is -2.64. The van der Waals surface area contributed by atoms with Crippen molar-refractivity contribution in [3.05, 3.63) is 66.2 Å². The summed E-state index contributed by atoms with van der Waals surface area (Å²) in [5.74, 6) is -0.225. The van der Waals surface area contributed by atoms with Gasteiger partial charge in [-0.3, -0.25) is 10.1 Å². The molecule has 26 heavy (non-hydrogen) atoms. The molecule has 0 atom stereocenters. The van der Waals surface area contributed by atoms with Gasteiger partial charge in [-0.2, -0.15) is 0 Å². The van der Waals surface area contributed by atoms with Crippen LogP contribution in [0, 0.1) is 0 Å². The molecule has 0 aliphatic carbocycles. The van der Waals surface area contributed by atoms with Gasteiger partial charge in [0, 0.05) is 30.8 Å². The normalized spacial score (nSPS) is 10.8. The van der Waals surface area contributed by atoms with Crippen LogP contribution in [0.1, 0.15) is 5.56 Å². The van der Waals surface area contributed by atoms with Crippen molar-refractivity contribution in [2.75, 3.05) is 24.3 Å². The molecule has 0 radical (unpaired) electrons. The molecule has 7 heteroatoms. The van der Waals surface area contributed by atoms with Crippen molar-refractivity contribution in [2.24, 2.45) is 0 Å². The molecule has 3 rings (SSSR count). The fourth-order valence-electron chi connectivity index (χ4n) is 2.10. The van der Waals surface area contributed by atoms with E-state index < -0.39 is 0 Å². The highest BCUT2D eigenvalue weighted by atomic mass is 32.2. The molecule has 132 valence electrons. The fourth-order valence-corrected chi connectivity index (χ4v) is 3.83. The van der Waals surface area contributed by atoms with Crippen molar-refractivity contribution in [3.63, 3.8) is 0 Å². The highest BCUT2D eigenvalue weighted by Crippen LogP contribution is 2.32. The summed E-state index contributed by atoms with van der Waals surface area (Å²) in [6.45, 7) is 0. The van der Waals surface area contributed by atoms with Crippen LogP contribution in [0.4, 0.5) is 10.8 Å². The van der Waals surface area contributed by atoms with Crippen LogP contribution >= 0.6 is 23.1 Å². The van der Waals surface area contributed by atoms with Gasteiger partial charge in [-0.15, -0.1) is 10.2 Å². The molecule has 1 N–H and O–H groups in total. The Morgan fingerprint density at radius 2 is 1.81 bits per heavy atom. The molecular weight excluding hydrogens is 364 g/mol. The van der Waals surface area contributed by atoms with E-state index in [9.17, 15) is 4.79 Å². The fraction of sp³-hybridized carbons (Fsp3) is 0.105. The molecule has 2 aromatic carbocycles. The molecule has 1 heterocycles. The van der Waals surface area contributed by atoms with E-state index in [1.807, 2.05) is 56.6 Å². The third kappa shape index (κ3) is 5.18. The zero-order valence-corrected chi connectivity index (χ0v) is 16.1. The van der Waals surface area contributed by atoms with Crippen LogP contribution in [-0.4, -0.2) is 30.2 Å². The Bertz CT molecular complexity index is 889. The number of amides is 1. The first kappa shape index (κ1) is 18.2. The number of nitrogens with one attached hydrogen (secondary N) is 1. The van der Waals surface area contributed by atoms with Gasteiger partial charge in [0.25, 0.3) is 0 Å². The van der Waals surface area contributed by atoms with Crippen molar-refractivity contribution in [2.45, 2.75) is 9.24 Å². The molecule has 5 nitrogen and oxygen atoms in total. The second-order valence-electron chi connectivity index (χ2n) is 5.60. The maximum atomic E-state index is 12.0. The Morgan fingerprint density at radius 3 is 2.50 bits per heavy atom. The van der Waals surface area contributed by atoms with Gasteiger partial charge in [0.1, 0.15) is 0 Å². The summed E-state index contributed by atoms with van der Waals surface area (Å²) in [6.07, 6.45) is 3.25. The van der Waals surface area contributed by atoms with Gasteiger partial charge in [0.2, 0.25) is 11.0 Å². The Labute approximate surface area is 160 Å². The summed E-state index contributed by atoms with van der Waals surface area (Å²) in [6, 6.07) is 17.9. The summed E-state index contributed by atoms with van der Waals surface area (Å²) < 4.78 is 0.782. The van der Waals surface area contributed by atoms with E-state index in [4.69, 9.17) is 0 Å². The molecule has 1 aromatic heterocycles. The summed E-state index contributed by atoms with van der Waals surface area (Å²) in [5.41, 5.74) is 2.11. The lowest BCUT2D eigenvalue weighted by atomic mass is 10.2. The van der Waals surface area contributed by atoms with Crippen LogP contribution in [0.3, 0.4) is 0 Å². The molecule has 0 aliphatic heterocycles. The standard InChI is InChI=1S/C19H18N4OS2/c1-23(2)15-9-11-16(12-10-15)25-19-22-21-18(26-19)20-17(24)13-8-14-6-4-3-5-7-14/h3-13H,1-2H3,(H,20,21,24)/b13-8+. The molecule has 0 aliphatic rings. The lowest BCUT2D eigenvalue weighted by molar-refractivity contribution is -0.111. The number of benzene rings is 2. The molecule has 0 bridgehead atoms. The van der Waals surface area contributed by atoms with E-state index in [2.05, 4.69) is 32.5 Å². The zero-order chi connectivity index (χ0) is 18.4. The third-order valence-corrected chi connectivity index (χ3v) is 5.32. The van der Waals surface area contributed by atoms with Gasteiger partial charge in [0.15, 0.2) is 4.34 Å². The van der Waals surface area contributed by atoms with Gasteiger partial charge in [-0.25, -0.2) is 0 Å². The number of nitrogens with zero attached hydrogens (tertiary/aromatic N) is 3. The van der Waals surface area contributed by atoms with Crippen LogP contribution in [0.15, 0.2) is 69.9 Å². The first-order valence-electron chi connectivity index (χ1n) is 7.93. The predicted octanol–water partition coefficient (Wildman–Crippen LogP) is 4.41. The second kappa shape index (κ2) is 8.64. The topological polar surface area (TPSA) is 58.1 Å². The van der Waals surface area contributed by atoms with E-state index in [0.29, 0.717) is 5.13 Å². The highest BCUT2D eigenvalue weighted by molar-refractivity contribution is 8.01. The van der Waals surface area contributed by atoms with Gasteiger partial charge < -0.3 is 4.90 Å². The summed E-state index contributed by atoms with van der Waals surface area (Å²) in [7, 11) is 4.02. The van der Waals surface area contributed by atoms with E-state index in [1.165, 1.54) is 29.2 Å². The zero-order valence-electron chi connectivity index (χ0n) is 14.4. The number of hydrogen-bond acceptors (Lipinski definition) is 6. The van der Waals surface area contributed by atoms with Gasteiger partial charge in [0.05, 0.1) is 0 Å². The lowest BCUT2D eigenvalue weighted by Gasteiger charge is -2.11. The number of rotatable bonds is 6. The van der Waals surface area contributed by atoms with Crippen LogP contribution in [-0.2, 0) is 4.79 Å². The highest BCUT2D eigenvalue weighted by Gasteiger charge is 2.08. The van der Waals surface area contributed by atoms with Gasteiger partial charge >= 0.3 is 0 Å². The quantitative estimate of drug-likeness (QED) is 0.506. The summed E-state index contributed by atoms with van der Waals surface area (Å²) in [5, 5.41) is 11.4. The lowest BCUT2D eigenvalue weighted by Crippen LogP contribution is -2.07. The Balaban J connectivity index is 1.57. The van der Waals surface area contributed by atoms with E-state index >= 15 is 0 Å². The van der Waals surface area contributed by atoms with Crippen molar-refractivity contribution in [1.82, 2.24) is 10.2 Å². The minimum atomic E-state index is -0.225. The minimum Gasteiger partial charge on any atom is -0.378 e. The first-order valence-corrected chi connectivity index (χ1v) is 9.56. The van der Waals surface area contributed by atoms with Crippen molar-refractivity contribution in [1.29, 1.82) is 0 Å². The number of carbonyl (C=O) groups excluding carboxylic acids is 1. The number of carbonyl (C=O) groups is 1. The molecule has 0 unspecified atom stereocenters. The third-order valence-electron chi connectivity index (χ3n) is 3.42. The van der Waals surface area contributed by atoms with E-state index in [1.54, 1.807) is 6.08 Å². The second-order valence-corrected chi connectivity index (χ2v) is 7.89. The molecule has 0 saturated heterocycles. The summed E-state index contributed by atoms with van der Waals surface area (Å²) >= 11 is 2.88. The Morgan fingerprint density at radius 1 is 1.08 bits per heavy atom. The number of anilines is 2. The van der Waals surface area contributed by atoms with Crippen molar-refractivity contribution < 1.29 is 4.79 Å². The van der Waals surface area contributed by atoms with Crippen LogP contribution in [0.25, 0.3) is 6.08 Å². The largest absolute Gasteiger partial charge is 0.378 e. The van der Waals surface area contributed by atoms with Crippen molar-refractivity contribution in [3.8, 4) is 0 Å². The predicted molar refractivity (Wildman–Crippen MR) is 109 cm³/mol. The van der Waals surface area contributed by atoms with E-state index in [-0.39, 0.29) is 5.91 Å². The number of aromatic nitrogens is 2. The molecule has 3 aromatic rings. The van der Waals surface area contributed by atoms with Gasteiger partial charge in [-0.05, 0) is 35.9 Å². The Kier molecular flexibility index (Phi) is 6.04. The average molecular weight is 383 g/mol. The molecule has 0 spiro atoms. The average Bonchev–Trinajstić information content (AvgIpc) is 3.08. The smallest absolute Gasteiger partial charge is 0.250 e. The molecule has 1 amide bonds. The maximum absolute atomic E-state index is 12.0. The van der Waals surface area contributed by atoms with E-state index in [0.717, 1.165) is 20.5 Å². The molecule has 0 saturated carbocycles. The number of hydrogen-bond donors (Lipinski definition) is 1. The van der Waals surface area contributed by atoms with Crippen LogP contribution in [0.2, 0.25) is 0 Å². The summed E-state index contributed by atoms with van der Waals surface area (Å²) in [4.78, 5) is 15.1. The molecule has 0 fully saturated rings. The van der Waals surface area contributed by atoms with Crippen LogP contribution < -0.4 is 10.2 Å². The van der Waals surface area contributed by atoms with Gasteiger partial charge in [-0.1, -0.05) is 53.4 Å². The maximum Gasteiger partial charge on any atom is 0.250 e. The molecular formula is C19H18N4OS2. The first-order chi connectivity index (χ1) is 12.6. The van der Waals surface area contributed by atoms with Crippen molar-refractivity contribution >= 4 is 45.9 Å². The SMILES string of the molecule is CN(C)c1ccc(Sc2nnc(NC(=O)/C=C/c3ccccc3)s2)cc1. The monoisotopic (exact) mass is 382 g/mol. The minimum absolute atomic E-state index is 0.225. The van der Waals surface area contributed by atoms with Crippen LogP contribution in [0.5, 0.6) is 0 Å².